The Morgan fingerprint density at radius 1 is 1.00 bits per heavy atom. The predicted molar refractivity (Wildman–Crippen MR) is 53.4 cm³/mol. The van der Waals surface area contributed by atoms with Crippen LogP contribution in [0.5, 0.6) is 0 Å². The Hall–Kier alpha value is -0.200. The van der Waals surface area contributed by atoms with Gasteiger partial charge in [0.05, 0.1) is 6.61 Å². The molecule has 0 unspecified atom stereocenters. The molecule has 0 aromatic heterocycles. The van der Waals surface area contributed by atoms with Gasteiger partial charge in [-0.3, -0.25) is 0 Å². The zero-order valence-electron chi connectivity index (χ0n) is 9.64. The number of rotatable bonds is 5. The first-order valence-corrected chi connectivity index (χ1v) is 4.84. The Labute approximate surface area is 90.6 Å². The van der Waals surface area contributed by atoms with Crippen molar-refractivity contribution in [2.45, 2.75) is 24.4 Å². The van der Waals surface area contributed by atoms with Crippen LogP contribution in [0.1, 0.15) is 0 Å². The second kappa shape index (κ2) is 6.40. The highest BCUT2D eigenvalue weighted by Crippen LogP contribution is 2.24. The van der Waals surface area contributed by atoms with E-state index in [9.17, 15) is 0 Å². The van der Waals surface area contributed by atoms with E-state index >= 15 is 0 Å². The lowest BCUT2D eigenvalue weighted by molar-refractivity contribution is -0.197. The van der Waals surface area contributed by atoms with E-state index < -0.39 is 0 Å². The largest absolute Gasteiger partial charge is 0.382 e. The Morgan fingerprint density at radius 2 is 1.67 bits per heavy atom. The molecular weight excluding hydrogens is 200 g/mol. The van der Waals surface area contributed by atoms with Gasteiger partial charge in [-0.1, -0.05) is 0 Å². The summed E-state index contributed by atoms with van der Waals surface area (Å²) in [5.74, 6) is 0. The molecule has 0 aromatic rings. The van der Waals surface area contributed by atoms with E-state index in [1.165, 1.54) is 0 Å². The normalized spacial score (nSPS) is 36.8. The first-order chi connectivity index (χ1) is 7.28. The standard InChI is InChI=1S/C10H19O5/c1-11-5-8-10(14-4)9(13-3)7(12-2)6-15-8/h6-10H,5H2,1-4H3/t7-,8+,9+,10+/m0/s1. The monoisotopic (exact) mass is 219 g/mol. The van der Waals surface area contributed by atoms with Gasteiger partial charge in [0.15, 0.2) is 0 Å². The highest BCUT2D eigenvalue weighted by molar-refractivity contribution is 4.94. The number of ether oxygens (including phenoxy) is 5. The quantitative estimate of drug-likeness (QED) is 0.662. The molecule has 0 aliphatic carbocycles. The van der Waals surface area contributed by atoms with E-state index in [4.69, 9.17) is 23.7 Å². The third kappa shape index (κ3) is 2.89. The minimum atomic E-state index is -0.215. The van der Waals surface area contributed by atoms with Crippen LogP contribution in [0.4, 0.5) is 0 Å². The van der Waals surface area contributed by atoms with Crippen LogP contribution in [0.15, 0.2) is 0 Å². The number of hydrogen-bond acceptors (Lipinski definition) is 5. The molecule has 1 aliphatic rings. The molecule has 0 bridgehead atoms. The molecule has 1 radical (unpaired) electrons. The molecule has 1 rings (SSSR count). The molecule has 0 saturated carbocycles. The zero-order valence-corrected chi connectivity index (χ0v) is 9.64. The minimum Gasteiger partial charge on any atom is -0.382 e. The fraction of sp³-hybridized carbons (Fsp3) is 0.900. The zero-order chi connectivity index (χ0) is 11.3. The minimum absolute atomic E-state index is 0.156. The molecule has 1 fully saturated rings. The predicted octanol–water partition coefficient (Wildman–Crippen LogP) is 0.238. The van der Waals surface area contributed by atoms with Gasteiger partial charge in [0.2, 0.25) is 0 Å². The van der Waals surface area contributed by atoms with Gasteiger partial charge in [0.1, 0.15) is 31.0 Å². The Morgan fingerprint density at radius 3 is 2.13 bits per heavy atom. The molecule has 5 nitrogen and oxygen atoms in total. The van der Waals surface area contributed by atoms with Crippen molar-refractivity contribution >= 4 is 0 Å². The molecule has 0 spiro atoms. The van der Waals surface area contributed by atoms with Crippen molar-refractivity contribution in [1.82, 2.24) is 0 Å². The third-order valence-electron chi connectivity index (χ3n) is 2.55. The summed E-state index contributed by atoms with van der Waals surface area (Å²) in [6.07, 6.45) is -0.733. The molecule has 15 heavy (non-hydrogen) atoms. The summed E-state index contributed by atoms with van der Waals surface area (Å²) in [6.45, 7) is 2.10. The van der Waals surface area contributed by atoms with E-state index in [0.29, 0.717) is 6.61 Å². The van der Waals surface area contributed by atoms with Crippen molar-refractivity contribution in [3.63, 3.8) is 0 Å². The maximum Gasteiger partial charge on any atom is 0.116 e. The number of methoxy groups -OCH3 is 4. The first-order valence-electron chi connectivity index (χ1n) is 4.84. The summed E-state index contributed by atoms with van der Waals surface area (Å²) in [5.41, 5.74) is 0. The first kappa shape index (κ1) is 12.9. The van der Waals surface area contributed by atoms with E-state index in [-0.39, 0.29) is 24.4 Å². The Kier molecular flexibility index (Phi) is 5.49. The van der Waals surface area contributed by atoms with Crippen LogP contribution in [-0.4, -0.2) is 59.5 Å². The fourth-order valence-corrected chi connectivity index (χ4v) is 1.77. The highest BCUT2D eigenvalue weighted by atomic mass is 16.6. The van der Waals surface area contributed by atoms with Crippen LogP contribution >= 0.6 is 0 Å². The Balaban J connectivity index is 2.65. The second-order valence-corrected chi connectivity index (χ2v) is 3.37. The lowest BCUT2D eigenvalue weighted by atomic mass is 10.00. The average molecular weight is 219 g/mol. The molecule has 1 heterocycles. The van der Waals surface area contributed by atoms with Crippen LogP contribution < -0.4 is 0 Å². The molecule has 0 N–H and O–H groups in total. The van der Waals surface area contributed by atoms with Crippen molar-refractivity contribution in [2.75, 3.05) is 35.0 Å². The molecule has 1 saturated heterocycles. The van der Waals surface area contributed by atoms with E-state index in [2.05, 4.69) is 0 Å². The van der Waals surface area contributed by atoms with Gasteiger partial charge in [-0.2, -0.15) is 0 Å². The van der Waals surface area contributed by atoms with Gasteiger partial charge in [-0.05, 0) is 0 Å². The van der Waals surface area contributed by atoms with Crippen LogP contribution in [0, 0.1) is 6.61 Å². The molecule has 89 valence electrons. The second-order valence-electron chi connectivity index (χ2n) is 3.37. The summed E-state index contributed by atoms with van der Waals surface area (Å²) in [4.78, 5) is 0. The van der Waals surface area contributed by atoms with Gasteiger partial charge in [0, 0.05) is 28.4 Å². The molecule has 1 aliphatic heterocycles. The molecule has 4 atom stereocenters. The average Bonchev–Trinajstić information content (AvgIpc) is 2.28. The van der Waals surface area contributed by atoms with Crippen LogP contribution in [0.25, 0.3) is 0 Å². The molecule has 0 amide bonds. The SMILES string of the molecule is COC[C@H]1O[CH][C@H](OC)[C@@H](OC)[C@@H]1OC. The number of hydrogen-bond donors (Lipinski definition) is 0. The smallest absolute Gasteiger partial charge is 0.116 e. The van der Waals surface area contributed by atoms with Crippen LogP contribution in [0.3, 0.4) is 0 Å². The maximum absolute atomic E-state index is 5.48. The van der Waals surface area contributed by atoms with E-state index in [1.807, 2.05) is 0 Å². The summed E-state index contributed by atoms with van der Waals surface area (Å²) in [5, 5.41) is 0. The lowest BCUT2D eigenvalue weighted by Gasteiger charge is -2.39. The van der Waals surface area contributed by atoms with Gasteiger partial charge in [-0.25, -0.2) is 0 Å². The van der Waals surface area contributed by atoms with Crippen molar-refractivity contribution in [1.29, 1.82) is 0 Å². The van der Waals surface area contributed by atoms with Crippen LogP contribution in [-0.2, 0) is 23.7 Å². The van der Waals surface area contributed by atoms with Crippen molar-refractivity contribution in [3.05, 3.63) is 6.61 Å². The summed E-state index contributed by atoms with van der Waals surface area (Å²) in [7, 11) is 6.49. The lowest BCUT2D eigenvalue weighted by Crippen LogP contribution is -2.54. The highest BCUT2D eigenvalue weighted by Gasteiger charge is 2.41. The van der Waals surface area contributed by atoms with Crippen molar-refractivity contribution in [3.8, 4) is 0 Å². The third-order valence-corrected chi connectivity index (χ3v) is 2.55. The molecular formula is C10H19O5. The molecule has 5 heteroatoms. The topological polar surface area (TPSA) is 46.2 Å². The van der Waals surface area contributed by atoms with Crippen LogP contribution in [0.2, 0.25) is 0 Å². The summed E-state index contributed by atoms with van der Waals surface area (Å²) in [6, 6.07) is 0. The van der Waals surface area contributed by atoms with Crippen molar-refractivity contribution < 1.29 is 23.7 Å². The van der Waals surface area contributed by atoms with Gasteiger partial charge >= 0.3 is 0 Å². The van der Waals surface area contributed by atoms with Gasteiger partial charge < -0.3 is 23.7 Å². The van der Waals surface area contributed by atoms with E-state index in [1.54, 1.807) is 35.0 Å². The summed E-state index contributed by atoms with van der Waals surface area (Å²) >= 11 is 0. The molecule has 0 aromatic carbocycles. The fourth-order valence-electron chi connectivity index (χ4n) is 1.77. The Bertz CT molecular complexity index is 175. The van der Waals surface area contributed by atoms with Gasteiger partial charge in [0.25, 0.3) is 0 Å². The van der Waals surface area contributed by atoms with Crippen molar-refractivity contribution in [2.24, 2.45) is 0 Å². The summed E-state index contributed by atoms with van der Waals surface area (Å²) < 4.78 is 26.5. The van der Waals surface area contributed by atoms with E-state index in [0.717, 1.165) is 0 Å². The van der Waals surface area contributed by atoms with Gasteiger partial charge in [-0.15, -0.1) is 0 Å². The maximum atomic E-state index is 5.48.